The van der Waals surface area contributed by atoms with Gasteiger partial charge in [-0.1, -0.05) is 6.07 Å². The Hall–Kier alpha value is -2.41. The van der Waals surface area contributed by atoms with E-state index in [2.05, 4.69) is 0 Å². The average molecular weight is 281 g/mol. The fourth-order valence-electron chi connectivity index (χ4n) is 1.62. The predicted molar refractivity (Wildman–Crippen MR) is 68.6 cm³/mol. The number of aromatic hydroxyl groups is 1. The van der Waals surface area contributed by atoms with Gasteiger partial charge in [0.1, 0.15) is 23.1 Å². The highest BCUT2D eigenvalue weighted by Gasteiger charge is 2.15. The maximum atomic E-state index is 11.6. The van der Waals surface area contributed by atoms with E-state index in [1.165, 1.54) is 18.2 Å². The summed E-state index contributed by atoms with van der Waals surface area (Å²) in [5.74, 6) is -3.08. The van der Waals surface area contributed by atoms with Crippen molar-refractivity contribution in [3.05, 3.63) is 29.3 Å². The van der Waals surface area contributed by atoms with Crippen LogP contribution in [0.5, 0.6) is 5.75 Å². The van der Waals surface area contributed by atoms with Gasteiger partial charge in [0.15, 0.2) is 0 Å². The van der Waals surface area contributed by atoms with Gasteiger partial charge in [-0.2, -0.15) is 0 Å². The number of phenols is 1. The summed E-state index contributed by atoms with van der Waals surface area (Å²) in [6.45, 7) is 0. The summed E-state index contributed by atoms with van der Waals surface area (Å²) in [7, 11) is 0. The van der Waals surface area contributed by atoms with Crippen LogP contribution < -0.4 is 5.73 Å². The maximum absolute atomic E-state index is 11.6. The molecule has 1 aromatic carbocycles. The van der Waals surface area contributed by atoms with Crippen LogP contribution in [-0.2, 0) is 16.0 Å². The summed E-state index contributed by atoms with van der Waals surface area (Å²) >= 11 is 0. The molecular formula is C13H15NO6. The minimum absolute atomic E-state index is 0.00323. The van der Waals surface area contributed by atoms with Crippen LogP contribution in [0.4, 0.5) is 0 Å². The van der Waals surface area contributed by atoms with Gasteiger partial charge in [0.05, 0.1) is 0 Å². The number of Topliss-reactive ketones (excluding diaryl/α,β-unsaturated/α-hetero) is 1. The van der Waals surface area contributed by atoms with Crippen molar-refractivity contribution < 1.29 is 29.7 Å². The topological polar surface area (TPSA) is 138 Å². The first-order valence-corrected chi connectivity index (χ1v) is 5.86. The summed E-state index contributed by atoms with van der Waals surface area (Å²) in [6.07, 6.45) is -0.0122. The second kappa shape index (κ2) is 6.67. The zero-order chi connectivity index (χ0) is 15.3. The smallest absolute Gasteiger partial charge is 0.339 e. The molecule has 0 amide bonds. The lowest BCUT2D eigenvalue weighted by Crippen LogP contribution is -2.30. The standard InChI is InChI=1S/C13H15NO6/c14-10(13(19)20)3-2-8(15)5-7-1-4-11(16)9(6-7)12(17)18/h1,4,6,10,16H,2-3,5,14H2,(H,17,18)(H,19,20)/t10-/m0/s1. The Morgan fingerprint density at radius 3 is 2.40 bits per heavy atom. The lowest BCUT2D eigenvalue weighted by Gasteiger charge is -2.06. The molecule has 0 spiro atoms. The second-order valence-electron chi connectivity index (χ2n) is 4.36. The lowest BCUT2D eigenvalue weighted by atomic mass is 10.0. The fraction of sp³-hybridized carbons (Fsp3) is 0.308. The largest absolute Gasteiger partial charge is 0.507 e. The molecule has 7 heteroatoms. The molecule has 0 bridgehead atoms. The van der Waals surface area contributed by atoms with Crippen LogP contribution in [-0.4, -0.2) is 39.1 Å². The van der Waals surface area contributed by atoms with Gasteiger partial charge >= 0.3 is 11.9 Å². The lowest BCUT2D eigenvalue weighted by molar-refractivity contribution is -0.138. The summed E-state index contributed by atoms with van der Waals surface area (Å²) < 4.78 is 0. The molecule has 1 atom stereocenters. The monoisotopic (exact) mass is 281 g/mol. The molecule has 0 heterocycles. The summed E-state index contributed by atoms with van der Waals surface area (Å²) in [6, 6.07) is 2.77. The van der Waals surface area contributed by atoms with E-state index < -0.39 is 18.0 Å². The average Bonchev–Trinajstić information content (AvgIpc) is 2.37. The molecule has 7 nitrogen and oxygen atoms in total. The van der Waals surface area contributed by atoms with Crippen LogP contribution in [0, 0.1) is 0 Å². The molecule has 0 radical (unpaired) electrons. The van der Waals surface area contributed by atoms with Crippen molar-refractivity contribution in [2.45, 2.75) is 25.3 Å². The number of rotatable bonds is 7. The zero-order valence-corrected chi connectivity index (χ0v) is 10.6. The van der Waals surface area contributed by atoms with Crippen molar-refractivity contribution >= 4 is 17.7 Å². The molecule has 5 N–H and O–H groups in total. The molecule has 0 aliphatic carbocycles. The summed E-state index contributed by atoms with van der Waals surface area (Å²) in [4.78, 5) is 33.0. The van der Waals surface area contributed by atoms with Gasteiger partial charge in [0.25, 0.3) is 0 Å². The molecule has 0 saturated carbocycles. The minimum atomic E-state index is -1.29. The van der Waals surface area contributed by atoms with E-state index in [-0.39, 0.29) is 36.4 Å². The van der Waals surface area contributed by atoms with Crippen LogP contribution in [0.25, 0.3) is 0 Å². The normalized spacial score (nSPS) is 11.8. The number of ketones is 1. The number of hydrogen-bond donors (Lipinski definition) is 4. The van der Waals surface area contributed by atoms with Crippen molar-refractivity contribution in [2.24, 2.45) is 5.73 Å². The highest BCUT2D eigenvalue weighted by molar-refractivity contribution is 5.91. The van der Waals surface area contributed by atoms with Gasteiger partial charge in [0, 0.05) is 12.8 Å². The van der Waals surface area contributed by atoms with Gasteiger partial charge in [-0.15, -0.1) is 0 Å². The van der Waals surface area contributed by atoms with Crippen molar-refractivity contribution in [1.82, 2.24) is 0 Å². The Morgan fingerprint density at radius 2 is 1.85 bits per heavy atom. The first-order valence-electron chi connectivity index (χ1n) is 5.86. The number of carbonyl (C=O) groups excluding carboxylic acids is 1. The molecule has 0 unspecified atom stereocenters. The number of nitrogens with two attached hydrogens (primary N) is 1. The van der Waals surface area contributed by atoms with Crippen molar-refractivity contribution in [2.75, 3.05) is 0 Å². The maximum Gasteiger partial charge on any atom is 0.339 e. The summed E-state index contributed by atoms with van der Waals surface area (Å²) in [5, 5.41) is 26.7. The van der Waals surface area contributed by atoms with Crippen LogP contribution in [0.3, 0.4) is 0 Å². The highest BCUT2D eigenvalue weighted by Crippen LogP contribution is 2.19. The number of benzene rings is 1. The quantitative estimate of drug-likeness (QED) is 0.567. The molecule has 0 aliphatic rings. The summed E-state index contributed by atoms with van der Waals surface area (Å²) in [5.41, 5.74) is 5.44. The number of carbonyl (C=O) groups is 3. The number of hydrogen-bond acceptors (Lipinski definition) is 5. The van der Waals surface area contributed by atoms with E-state index in [1.54, 1.807) is 0 Å². The van der Waals surface area contributed by atoms with Gasteiger partial charge < -0.3 is 21.1 Å². The van der Waals surface area contributed by atoms with E-state index in [1.807, 2.05) is 0 Å². The van der Waals surface area contributed by atoms with Crippen LogP contribution in [0.2, 0.25) is 0 Å². The third-order valence-corrected chi connectivity index (χ3v) is 2.74. The van der Waals surface area contributed by atoms with E-state index in [0.717, 1.165) is 0 Å². The number of carboxylic acid groups (broad SMARTS) is 2. The molecule has 0 aliphatic heterocycles. The third-order valence-electron chi connectivity index (χ3n) is 2.74. The molecule has 0 saturated heterocycles. The van der Waals surface area contributed by atoms with Gasteiger partial charge in [-0.25, -0.2) is 4.79 Å². The van der Waals surface area contributed by atoms with Crippen LogP contribution >= 0.6 is 0 Å². The molecule has 0 fully saturated rings. The number of aliphatic carboxylic acids is 1. The van der Waals surface area contributed by atoms with E-state index >= 15 is 0 Å². The Bertz CT molecular complexity index is 540. The Labute approximate surface area is 114 Å². The Kier molecular flexibility index (Phi) is 5.22. The van der Waals surface area contributed by atoms with E-state index in [0.29, 0.717) is 5.56 Å². The molecule has 20 heavy (non-hydrogen) atoms. The molecule has 108 valence electrons. The van der Waals surface area contributed by atoms with E-state index in [9.17, 15) is 19.5 Å². The zero-order valence-electron chi connectivity index (χ0n) is 10.6. The fourth-order valence-corrected chi connectivity index (χ4v) is 1.62. The first-order chi connectivity index (χ1) is 9.31. The second-order valence-corrected chi connectivity index (χ2v) is 4.36. The SMILES string of the molecule is N[C@@H](CCC(=O)Cc1ccc(O)c(C(=O)O)c1)C(=O)O. The molecule has 1 aromatic rings. The van der Waals surface area contributed by atoms with Crippen LogP contribution in [0.1, 0.15) is 28.8 Å². The first kappa shape index (κ1) is 15.6. The van der Waals surface area contributed by atoms with Crippen molar-refractivity contribution in [3.63, 3.8) is 0 Å². The number of carboxylic acids is 2. The molecule has 1 rings (SSSR count). The number of aromatic carboxylic acids is 1. The highest BCUT2D eigenvalue weighted by atomic mass is 16.4. The van der Waals surface area contributed by atoms with Gasteiger partial charge in [0.2, 0.25) is 0 Å². The van der Waals surface area contributed by atoms with Gasteiger partial charge in [-0.3, -0.25) is 9.59 Å². The van der Waals surface area contributed by atoms with Crippen molar-refractivity contribution in [1.29, 1.82) is 0 Å². The Morgan fingerprint density at radius 1 is 1.20 bits per heavy atom. The Balaban J connectivity index is 2.65. The van der Waals surface area contributed by atoms with Crippen LogP contribution in [0.15, 0.2) is 18.2 Å². The minimum Gasteiger partial charge on any atom is -0.507 e. The van der Waals surface area contributed by atoms with Crippen molar-refractivity contribution in [3.8, 4) is 5.75 Å². The van der Waals surface area contributed by atoms with Gasteiger partial charge in [-0.05, 0) is 24.1 Å². The third kappa shape index (κ3) is 4.36. The molecule has 0 aromatic heterocycles. The van der Waals surface area contributed by atoms with E-state index in [4.69, 9.17) is 15.9 Å². The predicted octanol–water partition coefficient (Wildman–Crippen LogP) is 0.394. The molecular weight excluding hydrogens is 266 g/mol.